The number of esters is 1. The highest BCUT2D eigenvalue weighted by Crippen LogP contribution is 2.35. The van der Waals surface area contributed by atoms with Gasteiger partial charge < -0.3 is 9.47 Å². The Morgan fingerprint density at radius 2 is 1.38 bits per heavy atom. The van der Waals surface area contributed by atoms with Gasteiger partial charge in [-0.3, -0.25) is 0 Å². The average molecular weight is 474 g/mol. The van der Waals surface area contributed by atoms with Crippen molar-refractivity contribution in [2.45, 2.75) is 61.8 Å². The molecule has 0 saturated carbocycles. The molecule has 0 amide bonds. The van der Waals surface area contributed by atoms with E-state index in [9.17, 15) is 4.79 Å². The van der Waals surface area contributed by atoms with Crippen molar-refractivity contribution in [2.75, 3.05) is 6.61 Å². The minimum atomic E-state index is -0.849. The topological polar surface area (TPSA) is 35.5 Å². The summed E-state index contributed by atoms with van der Waals surface area (Å²) in [5.41, 5.74) is 1.13. The summed E-state index contributed by atoms with van der Waals surface area (Å²) >= 11 is 0. The third-order valence-corrected chi connectivity index (χ3v) is 7.19. The van der Waals surface area contributed by atoms with Gasteiger partial charge >= 0.3 is 5.97 Å². The maximum atomic E-state index is 12.4. The molecule has 176 valence electrons. The molecule has 3 nitrogen and oxygen atoms in total. The van der Waals surface area contributed by atoms with E-state index in [2.05, 4.69) is 72.5 Å². The molecule has 0 heterocycles. The van der Waals surface area contributed by atoms with Crippen LogP contribution in [0.4, 0.5) is 0 Å². The van der Waals surface area contributed by atoms with Crippen LogP contribution in [0.5, 0.6) is 5.75 Å². The summed E-state index contributed by atoms with van der Waals surface area (Å²) in [6.45, 7) is 11.5. The van der Waals surface area contributed by atoms with E-state index in [0.717, 1.165) is 16.9 Å². The van der Waals surface area contributed by atoms with Crippen molar-refractivity contribution in [2.24, 2.45) is 5.92 Å². The molecule has 0 fully saturated rings. The fourth-order valence-electron chi connectivity index (χ4n) is 3.57. The van der Waals surface area contributed by atoms with Gasteiger partial charge in [0.1, 0.15) is 5.75 Å². The summed E-state index contributed by atoms with van der Waals surface area (Å²) in [4.78, 5) is 16.2. The van der Waals surface area contributed by atoms with Crippen LogP contribution in [0.25, 0.3) is 0 Å². The smallest absolute Gasteiger partial charge is 0.345 e. The van der Waals surface area contributed by atoms with Crippen LogP contribution in [-0.4, -0.2) is 18.2 Å². The molecule has 0 aliphatic heterocycles. The Kier molecular flexibility index (Phi) is 8.47. The SMILES string of the molecule is Cc1cc([S+](c2ccccc2)c2ccccc2)cc(C)c1OCC(=O)OC(C)(C)C#CC(C)C. The molecule has 0 aliphatic carbocycles. The van der Waals surface area contributed by atoms with Crippen molar-refractivity contribution >= 4 is 16.9 Å². The van der Waals surface area contributed by atoms with Gasteiger partial charge in [0.05, 0.1) is 10.9 Å². The number of hydrogen-bond donors (Lipinski definition) is 0. The lowest BCUT2D eigenvalue weighted by Gasteiger charge is -2.20. The molecular weight excluding hydrogens is 440 g/mol. The van der Waals surface area contributed by atoms with E-state index in [-0.39, 0.29) is 23.4 Å². The number of rotatable bonds is 7. The lowest BCUT2D eigenvalue weighted by atomic mass is 10.1. The van der Waals surface area contributed by atoms with Crippen LogP contribution in [0.3, 0.4) is 0 Å². The first-order chi connectivity index (χ1) is 16.2. The van der Waals surface area contributed by atoms with Gasteiger partial charge in [-0.1, -0.05) is 62.1 Å². The Morgan fingerprint density at radius 1 is 0.882 bits per heavy atom. The van der Waals surface area contributed by atoms with E-state index in [1.54, 1.807) is 13.8 Å². The second kappa shape index (κ2) is 11.3. The Hall–Kier alpha value is -3.16. The minimum Gasteiger partial charge on any atom is -0.481 e. The highest BCUT2D eigenvalue weighted by Gasteiger charge is 2.30. The van der Waals surface area contributed by atoms with Crippen LogP contribution in [0.1, 0.15) is 38.8 Å². The second-order valence-corrected chi connectivity index (χ2v) is 11.0. The largest absolute Gasteiger partial charge is 0.481 e. The van der Waals surface area contributed by atoms with E-state index in [1.165, 1.54) is 14.7 Å². The van der Waals surface area contributed by atoms with Crippen molar-refractivity contribution in [1.82, 2.24) is 0 Å². The van der Waals surface area contributed by atoms with Crippen LogP contribution in [0.15, 0.2) is 87.5 Å². The maximum absolute atomic E-state index is 12.4. The predicted octanol–water partition coefficient (Wildman–Crippen LogP) is 6.76. The molecule has 0 aliphatic rings. The Labute approximate surface area is 206 Å². The average Bonchev–Trinajstić information content (AvgIpc) is 2.78. The van der Waals surface area contributed by atoms with Crippen molar-refractivity contribution in [3.8, 4) is 17.6 Å². The highest BCUT2D eigenvalue weighted by molar-refractivity contribution is 7.97. The molecular formula is C30H33O3S+. The molecule has 4 heteroatoms. The van der Waals surface area contributed by atoms with E-state index in [1.807, 2.05) is 39.8 Å². The van der Waals surface area contributed by atoms with E-state index in [0.29, 0.717) is 0 Å². The summed E-state index contributed by atoms with van der Waals surface area (Å²) in [7, 11) is -0.238. The molecule has 0 atom stereocenters. The molecule has 0 saturated heterocycles. The third-order valence-electron chi connectivity index (χ3n) is 4.99. The maximum Gasteiger partial charge on any atom is 0.345 e. The fourth-order valence-corrected chi connectivity index (χ4v) is 5.83. The van der Waals surface area contributed by atoms with Crippen LogP contribution in [0.2, 0.25) is 0 Å². The van der Waals surface area contributed by atoms with Crippen LogP contribution < -0.4 is 4.74 Å². The van der Waals surface area contributed by atoms with Crippen LogP contribution >= 0.6 is 0 Å². The lowest BCUT2D eigenvalue weighted by Crippen LogP contribution is -2.29. The Bertz CT molecular complexity index is 1110. The summed E-state index contributed by atoms with van der Waals surface area (Å²) in [5, 5.41) is 0. The Morgan fingerprint density at radius 3 is 1.85 bits per heavy atom. The van der Waals surface area contributed by atoms with Gasteiger partial charge in [-0.2, -0.15) is 0 Å². The second-order valence-electron chi connectivity index (χ2n) is 9.02. The van der Waals surface area contributed by atoms with Gasteiger partial charge in [0.15, 0.2) is 26.9 Å². The lowest BCUT2D eigenvalue weighted by molar-refractivity contribution is -0.154. The van der Waals surface area contributed by atoms with Crippen LogP contribution in [-0.2, 0) is 20.4 Å². The van der Waals surface area contributed by atoms with Gasteiger partial charge in [0.25, 0.3) is 0 Å². The summed E-state index contributed by atoms with van der Waals surface area (Å²) in [6, 6.07) is 25.4. The van der Waals surface area contributed by atoms with E-state index in [4.69, 9.17) is 9.47 Å². The fraction of sp³-hybridized carbons (Fsp3) is 0.300. The normalized spacial score (nSPS) is 11.2. The first kappa shape index (κ1) is 25.5. The summed E-state index contributed by atoms with van der Waals surface area (Å²) in [6.07, 6.45) is 0. The third kappa shape index (κ3) is 6.92. The first-order valence-electron chi connectivity index (χ1n) is 11.5. The van der Waals surface area contributed by atoms with Gasteiger partial charge in [-0.15, -0.1) is 0 Å². The molecule has 0 spiro atoms. The van der Waals surface area contributed by atoms with E-state index >= 15 is 0 Å². The van der Waals surface area contributed by atoms with Crippen molar-refractivity contribution in [1.29, 1.82) is 0 Å². The quantitative estimate of drug-likeness (QED) is 0.216. The number of carbonyl (C=O) groups excluding carboxylic acids is 1. The number of hydrogen-bond acceptors (Lipinski definition) is 3. The van der Waals surface area contributed by atoms with Crippen LogP contribution in [0, 0.1) is 31.6 Å². The van der Waals surface area contributed by atoms with Gasteiger partial charge in [0, 0.05) is 18.1 Å². The minimum absolute atomic E-state index is 0.156. The molecule has 3 aromatic carbocycles. The Balaban J connectivity index is 1.82. The zero-order valence-electron chi connectivity index (χ0n) is 20.8. The predicted molar refractivity (Wildman–Crippen MR) is 139 cm³/mol. The summed E-state index contributed by atoms with van der Waals surface area (Å²) < 4.78 is 11.5. The molecule has 0 bridgehead atoms. The molecule has 3 aromatic rings. The van der Waals surface area contributed by atoms with Crippen molar-refractivity contribution in [3.05, 3.63) is 83.9 Å². The summed E-state index contributed by atoms with van der Waals surface area (Å²) in [5.74, 6) is 6.58. The van der Waals surface area contributed by atoms with Crippen molar-refractivity contribution in [3.63, 3.8) is 0 Å². The monoisotopic (exact) mass is 473 g/mol. The molecule has 0 radical (unpaired) electrons. The molecule has 0 N–H and O–H groups in total. The number of ether oxygens (including phenoxy) is 2. The van der Waals surface area contributed by atoms with Gasteiger partial charge in [-0.25, -0.2) is 4.79 Å². The van der Waals surface area contributed by atoms with Gasteiger partial charge in [0.2, 0.25) is 0 Å². The number of benzene rings is 3. The standard InChI is InChI=1S/C30H33O3S/c1-22(2)17-18-30(5,6)33-28(31)21-32-29-23(3)19-27(20-24(29)4)34(25-13-9-7-10-14-25)26-15-11-8-12-16-26/h7-16,19-20,22H,21H2,1-6H3/q+1. The zero-order valence-corrected chi connectivity index (χ0v) is 21.7. The molecule has 34 heavy (non-hydrogen) atoms. The van der Waals surface area contributed by atoms with Gasteiger partial charge in [-0.05, 0) is 63.1 Å². The molecule has 3 rings (SSSR count). The molecule has 0 unspecified atom stereocenters. The zero-order chi connectivity index (χ0) is 24.7. The highest BCUT2D eigenvalue weighted by atomic mass is 32.2. The number of aryl methyl sites for hydroxylation is 2. The molecule has 0 aromatic heterocycles. The van der Waals surface area contributed by atoms with Crippen molar-refractivity contribution < 1.29 is 14.3 Å². The number of carbonyl (C=O) groups is 1. The first-order valence-corrected chi connectivity index (χ1v) is 12.7. The van der Waals surface area contributed by atoms with E-state index < -0.39 is 11.6 Å².